The van der Waals surface area contributed by atoms with E-state index >= 15 is 0 Å². The molecule has 1 heterocycles. The predicted octanol–water partition coefficient (Wildman–Crippen LogP) is 1.00. The van der Waals surface area contributed by atoms with Crippen molar-refractivity contribution in [2.24, 2.45) is 0 Å². The fraction of sp³-hybridized carbons (Fsp3) is 0.786. The second-order valence-electron chi connectivity index (χ2n) is 6.30. The highest BCUT2D eigenvalue weighted by Gasteiger charge is 2.42. The third kappa shape index (κ3) is 3.66. The minimum Gasteiger partial charge on any atom is -0.340 e. The van der Waals surface area contributed by atoms with Crippen LogP contribution >= 0.6 is 0 Å². The normalized spacial score (nSPS) is 18.1. The van der Waals surface area contributed by atoms with E-state index in [1.807, 2.05) is 0 Å². The Hall–Kier alpha value is -1.44. The van der Waals surface area contributed by atoms with Gasteiger partial charge in [-0.1, -0.05) is 24.5 Å². The summed E-state index contributed by atoms with van der Waals surface area (Å²) in [5.74, 6) is -0.0468. The van der Waals surface area contributed by atoms with Crippen LogP contribution in [0.1, 0.15) is 44.7 Å². The van der Waals surface area contributed by atoms with Crippen LogP contribution in [-0.2, 0) is 27.7 Å². The van der Waals surface area contributed by atoms with Crippen LogP contribution in [0.3, 0.4) is 0 Å². The van der Waals surface area contributed by atoms with Gasteiger partial charge in [0.05, 0.1) is 24.0 Å². The van der Waals surface area contributed by atoms with E-state index in [4.69, 9.17) is 0 Å². The Labute approximate surface area is 131 Å². The summed E-state index contributed by atoms with van der Waals surface area (Å²) < 4.78 is 25.4. The van der Waals surface area contributed by atoms with Crippen molar-refractivity contribution in [3.8, 4) is 0 Å². The molecule has 1 saturated carbocycles. The van der Waals surface area contributed by atoms with E-state index in [9.17, 15) is 13.2 Å². The van der Waals surface area contributed by atoms with Crippen molar-refractivity contribution in [2.75, 3.05) is 13.3 Å². The van der Waals surface area contributed by atoms with Crippen LogP contribution in [0.2, 0.25) is 0 Å². The molecule has 2 rings (SSSR count). The fourth-order valence-corrected chi connectivity index (χ4v) is 4.38. The standard InChI is InChI=1S/C14H24N4O3S/c1-12(19)17(2)9-13-10-18(16-15-13)11-14(22(3,20)21)7-5-4-6-8-14/h10H,4-9,11H2,1-3H3. The van der Waals surface area contributed by atoms with Crippen molar-refractivity contribution >= 4 is 15.7 Å². The average Bonchev–Trinajstić information content (AvgIpc) is 2.85. The Kier molecular flexibility index (Phi) is 4.89. The van der Waals surface area contributed by atoms with Gasteiger partial charge in [-0.2, -0.15) is 0 Å². The zero-order chi connectivity index (χ0) is 16.4. The zero-order valence-corrected chi connectivity index (χ0v) is 14.3. The molecule has 22 heavy (non-hydrogen) atoms. The van der Waals surface area contributed by atoms with Crippen molar-refractivity contribution in [1.82, 2.24) is 19.9 Å². The topological polar surface area (TPSA) is 85.2 Å². The number of amides is 1. The molecule has 7 nitrogen and oxygen atoms in total. The summed E-state index contributed by atoms with van der Waals surface area (Å²) in [6.07, 6.45) is 7.36. The first-order valence-electron chi connectivity index (χ1n) is 7.54. The van der Waals surface area contributed by atoms with Gasteiger partial charge in [-0.15, -0.1) is 5.10 Å². The summed E-state index contributed by atoms with van der Waals surface area (Å²) >= 11 is 0. The van der Waals surface area contributed by atoms with Gasteiger partial charge in [-0.05, 0) is 12.8 Å². The molecule has 1 aliphatic rings. The molecular weight excluding hydrogens is 304 g/mol. The summed E-state index contributed by atoms with van der Waals surface area (Å²) in [5.41, 5.74) is 0.664. The van der Waals surface area contributed by atoms with Crippen LogP contribution in [-0.4, -0.2) is 52.3 Å². The number of hydrogen-bond donors (Lipinski definition) is 0. The van der Waals surface area contributed by atoms with Crippen LogP contribution < -0.4 is 0 Å². The van der Waals surface area contributed by atoms with E-state index in [1.54, 1.807) is 22.8 Å². The number of nitrogens with zero attached hydrogens (tertiary/aromatic N) is 4. The van der Waals surface area contributed by atoms with E-state index < -0.39 is 14.6 Å². The number of hydrogen-bond acceptors (Lipinski definition) is 5. The lowest BCUT2D eigenvalue weighted by molar-refractivity contribution is -0.128. The minimum absolute atomic E-state index is 0.0468. The van der Waals surface area contributed by atoms with Crippen LogP contribution in [0.5, 0.6) is 0 Å². The van der Waals surface area contributed by atoms with Gasteiger partial charge in [-0.25, -0.2) is 8.42 Å². The lowest BCUT2D eigenvalue weighted by atomic mass is 9.88. The first-order valence-corrected chi connectivity index (χ1v) is 9.43. The second-order valence-corrected chi connectivity index (χ2v) is 8.71. The molecule has 0 spiro atoms. The molecule has 0 radical (unpaired) electrons. The van der Waals surface area contributed by atoms with Crippen LogP contribution in [0, 0.1) is 0 Å². The quantitative estimate of drug-likeness (QED) is 0.805. The van der Waals surface area contributed by atoms with Crippen LogP contribution in [0.15, 0.2) is 6.20 Å². The summed E-state index contributed by atoms with van der Waals surface area (Å²) in [6.45, 7) is 2.20. The maximum Gasteiger partial charge on any atom is 0.219 e. The van der Waals surface area contributed by atoms with Gasteiger partial charge in [-0.3, -0.25) is 9.48 Å². The second kappa shape index (κ2) is 6.36. The van der Waals surface area contributed by atoms with Gasteiger partial charge >= 0.3 is 0 Å². The Morgan fingerprint density at radius 3 is 2.55 bits per heavy atom. The molecule has 0 atom stereocenters. The minimum atomic E-state index is -3.17. The molecule has 8 heteroatoms. The molecule has 0 saturated heterocycles. The Balaban J connectivity index is 2.15. The molecule has 1 aliphatic carbocycles. The highest BCUT2D eigenvalue weighted by molar-refractivity contribution is 7.92. The van der Waals surface area contributed by atoms with Crippen molar-refractivity contribution < 1.29 is 13.2 Å². The van der Waals surface area contributed by atoms with Gasteiger partial charge in [0.25, 0.3) is 0 Å². The van der Waals surface area contributed by atoms with Crippen LogP contribution in [0.4, 0.5) is 0 Å². The lowest BCUT2D eigenvalue weighted by Gasteiger charge is -2.35. The SMILES string of the molecule is CC(=O)N(C)Cc1cn(CC2(S(C)(=O)=O)CCCCC2)nn1. The molecule has 1 aromatic heterocycles. The third-order valence-corrected chi connectivity index (χ3v) is 6.63. The Morgan fingerprint density at radius 2 is 2.00 bits per heavy atom. The molecule has 1 aromatic rings. The highest BCUT2D eigenvalue weighted by Crippen LogP contribution is 2.36. The fourth-order valence-electron chi connectivity index (χ4n) is 2.98. The Bertz CT molecular complexity index is 632. The maximum absolute atomic E-state index is 12.3. The Morgan fingerprint density at radius 1 is 1.36 bits per heavy atom. The van der Waals surface area contributed by atoms with Crippen molar-refractivity contribution in [2.45, 2.75) is 56.9 Å². The van der Waals surface area contributed by atoms with Gasteiger partial charge in [0, 0.05) is 20.2 Å². The summed E-state index contributed by atoms with van der Waals surface area (Å²) in [7, 11) is -1.47. The average molecular weight is 328 g/mol. The summed E-state index contributed by atoms with van der Waals surface area (Å²) in [4.78, 5) is 12.8. The van der Waals surface area contributed by atoms with Gasteiger partial charge < -0.3 is 4.90 Å². The molecule has 1 fully saturated rings. The first-order chi connectivity index (χ1) is 10.2. The van der Waals surface area contributed by atoms with Gasteiger partial charge in [0.1, 0.15) is 5.69 Å². The largest absolute Gasteiger partial charge is 0.340 e. The molecule has 0 aromatic carbocycles. The number of carbonyl (C=O) groups is 1. The third-order valence-electron chi connectivity index (χ3n) is 4.52. The van der Waals surface area contributed by atoms with Crippen molar-refractivity contribution in [3.05, 3.63) is 11.9 Å². The number of aromatic nitrogens is 3. The predicted molar refractivity (Wildman–Crippen MR) is 82.8 cm³/mol. The molecule has 0 aliphatic heterocycles. The molecule has 0 unspecified atom stereocenters. The summed E-state index contributed by atoms with van der Waals surface area (Å²) in [6, 6.07) is 0. The number of sulfone groups is 1. The van der Waals surface area contributed by atoms with E-state index in [-0.39, 0.29) is 5.91 Å². The van der Waals surface area contributed by atoms with Gasteiger partial charge in [0.2, 0.25) is 5.91 Å². The maximum atomic E-state index is 12.3. The van der Waals surface area contributed by atoms with E-state index in [2.05, 4.69) is 10.3 Å². The van der Waals surface area contributed by atoms with Gasteiger partial charge in [0.15, 0.2) is 9.84 Å². The monoisotopic (exact) mass is 328 g/mol. The van der Waals surface area contributed by atoms with E-state index in [1.165, 1.54) is 13.2 Å². The smallest absolute Gasteiger partial charge is 0.219 e. The molecular formula is C14H24N4O3S. The van der Waals surface area contributed by atoms with E-state index in [0.29, 0.717) is 31.6 Å². The van der Waals surface area contributed by atoms with Crippen molar-refractivity contribution in [3.63, 3.8) is 0 Å². The zero-order valence-electron chi connectivity index (χ0n) is 13.4. The number of carbonyl (C=O) groups excluding carboxylic acids is 1. The van der Waals surface area contributed by atoms with E-state index in [0.717, 1.165) is 19.3 Å². The van der Waals surface area contributed by atoms with Crippen LogP contribution in [0.25, 0.3) is 0 Å². The molecule has 0 N–H and O–H groups in total. The number of rotatable bonds is 5. The highest BCUT2D eigenvalue weighted by atomic mass is 32.2. The molecule has 124 valence electrons. The van der Waals surface area contributed by atoms with Crippen molar-refractivity contribution in [1.29, 1.82) is 0 Å². The lowest BCUT2D eigenvalue weighted by Crippen LogP contribution is -2.44. The molecule has 1 amide bonds. The molecule has 0 bridgehead atoms. The summed E-state index contributed by atoms with van der Waals surface area (Å²) in [5, 5.41) is 8.09. The first kappa shape index (κ1) is 16.9.